The number of alkyl halides is 3. The zero-order valence-electron chi connectivity index (χ0n) is 7.73. The largest absolute Gasteiger partial charge is 0.412 e. The van der Waals surface area contributed by atoms with Crippen molar-refractivity contribution in [2.45, 2.75) is 6.18 Å². The van der Waals surface area contributed by atoms with E-state index in [1.54, 1.807) is 0 Å². The number of aliphatic hydroxyl groups is 3. The van der Waals surface area contributed by atoms with Crippen LogP contribution in [0, 0.1) is 6.43 Å². The molecule has 0 unspecified atom stereocenters. The maximum absolute atomic E-state index is 10.4. The molecule has 3 N–H and O–H groups in total. The minimum atomic E-state index is -5.42. The summed E-state index contributed by atoms with van der Waals surface area (Å²) in [7, 11) is 3.00. The fourth-order valence-corrected chi connectivity index (χ4v) is 0. The van der Waals surface area contributed by atoms with Crippen molar-refractivity contribution in [3.05, 3.63) is 6.43 Å². The van der Waals surface area contributed by atoms with Crippen molar-refractivity contribution in [2.24, 2.45) is 0 Å². The third kappa shape index (κ3) is 39.7. The molecule has 0 aromatic carbocycles. The van der Waals surface area contributed by atoms with Crippen molar-refractivity contribution in [1.82, 2.24) is 0 Å². The van der Waals surface area contributed by atoms with E-state index in [0.717, 1.165) is 21.3 Å². The molecule has 0 fully saturated rings. The van der Waals surface area contributed by atoms with Crippen molar-refractivity contribution in [3.8, 4) is 0 Å². The molecule has 9 heteroatoms. The van der Waals surface area contributed by atoms with Gasteiger partial charge in [0.1, 0.15) is 6.43 Å². The summed E-state index contributed by atoms with van der Waals surface area (Å²) < 4.78 is 51.8. The molecule has 90 valence electrons. The van der Waals surface area contributed by atoms with E-state index in [0.29, 0.717) is 0 Å². The van der Waals surface area contributed by atoms with Gasteiger partial charge in [0.15, 0.2) is 0 Å². The average molecular weight is 263 g/mol. The van der Waals surface area contributed by atoms with Gasteiger partial charge in [-0.3, -0.25) is 0 Å². The van der Waals surface area contributed by atoms with Gasteiger partial charge in [-0.15, -0.1) is 0 Å². The van der Waals surface area contributed by atoms with Gasteiger partial charge in [0.05, 0.1) is 0 Å². The first kappa shape index (κ1) is 29.2. The summed E-state index contributed by atoms with van der Waals surface area (Å²) in [5.41, 5.74) is 0. The van der Waals surface area contributed by atoms with Crippen LogP contribution >= 0.6 is 0 Å². The van der Waals surface area contributed by atoms with E-state index in [2.05, 4.69) is 0 Å². The molecule has 0 spiro atoms. The molecule has 14 heavy (non-hydrogen) atoms. The average Bonchev–Trinajstić information content (AvgIpc) is 2.13. The zero-order valence-corrected chi connectivity index (χ0v) is 9.29. The van der Waals surface area contributed by atoms with Crippen molar-refractivity contribution in [1.29, 1.82) is 0 Å². The summed E-state index contributed by atoms with van der Waals surface area (Å²) in [4.78, 5) is 0. The second-order valence-corrected chi connectivity index (χ2v) is 0.758. The van der Waals surface area contributed by atoms with Gasteiger partial charge in [-0.05, 0) is 0 Å². The summed E-state index contributed by atoms with van der Waals surface area (Å²) in [6, 6.07) is 0. The van der Waals surface area contributed by atoms with Crippen LogP contribution in [0.15, 0.2) is 0 Å². The van der Waals surface area contributed by atoms with Gasteiger partial charge in [-0.1, -0.05) is 0 Å². The standard InChI is InChI=1S/C2F5.3CH4O.Ti/c3-1(4)2(5,6)7;3*1-2;/h;3*2H,1H3;/q-1;;;;. The molecule has 0 saturated heterocycles. The fourth-order valence-electron chi connectivity index (χ4n) is 0. The number of halogens is 5. The molecule has 0 heterocycles. The van der Waals surface area contributed by atoms with Crippen molar-refractivity contribution >= 4 is 0 Å². The van der Waals surface area contributed by atoms with E-state index in [1.807, 2.05) is 0 Å². The number of aliphatic hydroxyl groups excluding tert-OH is 3. The third-order valence-electron chi connectivity index (χ3n) is 0.214. The SMILES string of the molecule is CO.CO.CO.F[C-](F)C(F)(F)F.[Ti]. The Morgan fingerprint density at radius 2 is 0.857 bits per heavy atom. The third-order valence-corrected chi connectivity index (χ3v) is 0.214. The van der Waals surface area contributed by atoms with E-state index in [-0.39, 0.29) is 21.7 Å². The monoisotopic (exact) mass is 263 g/mol. The summed E-state index contributed by atoms with van der Waals surface area (Å²) in [6.07, 6.45) is -8.92. The summed E-state index contributed by atoms with van der Waals surface area (Å²) in [5.74, 6) is 0. The first-order valence-corrected chi connectivity index (χ1v) is 2.54. The number of rotatable bonds is 0. The molecule has 0 atom stereocenters. The van der Waals surface area contributed by atoms with E-state index < -0.39 is 12.6 Å². The molecule has 0 radical (unpaired) electrons. The smallest absolute Gasteiger partial charge is 0.326 e. The summed E-state index contributed by atoms with van der Waals surface area (Å²) in [5, 5.41) is 21.0. The minimum Gasteiger partial charge on any atom is -0.412 e. The maximum Gasteiger partial charge on any atom is 0.326 e. The van der Waals surface area contributed by atoms with Crippen molar-refractivity contribution in [3.63, 3.8) is 0 Å². The van der Waals surface area contributed by atoms with Crippen molar-refractivity contribution < 1.29 is 59.0 Å². The van der Waals surface area contributed by atoms with Gasteiger partial charge in [0.25, 0.3) is 0 Å². The van der Waals surface area contributed by atoms with Crippen LogP contribution in [0.25, 0.3) is 0 Å². The fraction of sp³-hybridized carbons (Fsp3) is 0.800. The zero-order chi connectivity index (χ0) is 12.1. The molecule has 0 bridgehead atoms. The molecule has 0 aliphatic heterocycles. The van der Waals surface area contributed by atoms with Crippen LogP contribution in [-0.2, 0) is 21.7 Å². The second kappa shape index (κ2) is 23.2. The van der Waals surface area contributed by atoms with Gasteiger partial charge in [0.2, 0.25) is 0 Å². The Labute approximate surface area is 93.4 Å². The predicted octanol–water partition coefficient (Wildman–Crippen LogP) is 0.800. The molecule has 0 aliphatic rings. The Morgan fingerprint density at radius 1 is 0.786 bits per heavy atom. The van der Waals surface area contributed by atoms with E-state index in [4.69, 9.17) is 15.3 Å². The Kier molecular flexibility index (Phi) is 48.5. The first-order chi connectivity index (χ1) is 5.94. The van der Waals surface area contributed by atoms with E-state index >= 15 is 0 Å². The van der Waals surface area contributed by atoms with Gasteiger partial charge >= 0.3 is 6.18 Å². The Morgan fingerprint density at radius 3 is 0.857 bits per heavy atom. The van der Waals surface area contributed by atoms with Crippen LogP contribution in [0.5, 0.6) is 0 Å². The normalized spacial score (nSPS) is 7.71. The van der Waals surface area contributed by atoms with Crippen molar-refractivity contribution in [2.75, 3.05) is 21.3 Å². The van der Waals surface area contributed by atoms with Gasteiger partial charge in [0, 0.05) is 43.0 Å². The maximum atomic E-state index is 10.4. The molecular weight excluding hydrogens is 251 g/mol. The molecule has 0 aromatic heterocycles. The Balaban J connectivity index is -0.0000000332. The molecular formula is C5H12F5O3Ti-. The molecule has 0 aliphatic carbocycles. The molecule has 0 aromatic rings. The van der Waals surface area contributed by atoms with Crippen LogP contribution in [0.3, 0.4) is 0 Å². The Bertz CT molecular complexity index is 70.9. The van der Waals surface area contributed by atoms with Gasteiger partial charge in [-0.2, -0.15) is 0 Å². The first-order valence-electron chi connectivity index (χ1n) is 2.54. The molecule has 3 nitrogen and oxygen atoms in total. The van der Waals surface area contributed by atoms with Gasteiger partial charge in [-0.25, -0.2) is 13.2 Å². The predicted molar refractivity (Wildman–Crippen MR) is 35.9 cm³/mol. The van der Waals surface area contributed by atoms with Crippen LogP contribution < -0.4 is 0 Å². The van der Waals surface area contributed by atoms with Gasteiger partial charge < -0.3 is 24.1 Å². The summed E-state index contributed by atoms with van der Waals surface area (Å²) in [6.45, 7) is 0. The molecule has 0 rings (SSSR count). The minimum absolute atomic E-state index is 0. The van der Waals surface area contributed by atoms with E-state index in [9.17, 15) is 22.0 Å². The van der Waals surface area contributed by atoms with Crippen LogP contribution in [0.2, 0.25) is 0 Å². The topological polar surface area (TPSA) is 60.7 Å². The van der Waals surface area contributed by atoms with Crippen LogP contribution in [0.1, 0.15) is 0 Å². The molecule has 0 saturated carbocycles. The van der Waals surface area contributed by atoms with E-state index in [1.165, 1.54) is 0 Å². The number of hydrogen-bond acceptors (Lipinski definition) is 3. The quantitative estimate of drug-likeness (QED) is 0.344. The summed E-state index contributed by atoms with van der Waals surface area (Å²) >= 11 is 0. The molecule has 0 amide bonds. The van der Waals surface area contributed by atoms with Crippen LogP contribution in [-0.4, -0.2) is 42.8 Å². The Hall–Kier alpha value is 0.244. The van der Waals surface area contributed by atoms with Crippen LogP contribution in [0.4, 0.5) is 22.0 Å². The number of hydrogen-bond donors (Lipinski definition) is 3. The second-order valence-electron chi connectivity index (χ2n) is 0.758.